The molecule has 0 aliphatic rings. The molecule has 0 saturated carbocycles. The molecule has 0 bridgehead atoms. The van der Waals surface area contributed by atoms with Gasteiger partial charge in [-0.3, -0.25) is 9.59 Å². The zero-order chi connectivity index (χ0) is 14.3. The number of aryl methyl sites for hydroxylation is 1. The molecular formula is C15H20N2O2. The Morgan fingerprint density at radius 1 is 1.37 bits per heavy atom. The molecular weight excluding hydrogens is 240 g/mol. The lowest BCUT2D eigenvalue weighted by atomic mass is 10.1. The number of carbonyl (C=O) groups excluding carboxylic acids is 2. The average Bonchev–Trinajstić information content (AvgIpc) is 2.36. The van der Waals surface area contributed by atoms with Gasteiger partial charge in [0.15, 0.2) is 0 Å². The number of amides is 2. The van der Waals surface area contributed by atoms with Gasteiger partial charge < -0.3 is 10.6 Å². The van der Waals surface area contributed by atoms with Crippen molar-refractivity contribution in [1.82, 2.24) is 10.6 Å². The minimum atomic E-state index is -0.533. The van der Waals surface area contributed by atoms with Crippen molar-refractivity contribution in [1.29, 1.82) is 0 Å². The van der Waals surface area contributed by atoms with E-state index in [0.717, 1.165) is 11.1 Å². The van der Waals surface area contributed by atoms with Crippen LogP contribution in [0.25, 0.3) is 6.08 Å². The smallest absolute Gasteiger partial charge is 0.244 e. The van der Waals surface area contributed by atoms with E-state index in [0.29, 0.717) is 6.54 Å². The zero-order valence-electron chi connectivity index (χ0n) is 11.6. The Hall–Kier alpha value is -2.10. The average molecular weight is 260 g/mol. The van der Waals surface area contributed by atoms with E-state index < -0.39 is 6.04 Å². The molecule has 0 aliphatic carbocycles. The second-order valence-corrected chi connectivity index (χ2v) is 4.37. The number of nitrogens with one attached hydrogen (secondary N) is 2. The third-order valence-electron chi connectivity index (χ3n) is 2.57. The number of hydrogen-bond donors (Lipinski definition) is 2. The molecule has 2 N–H and O–H groups in total. The molecule has 0 radical (unpaired) electrons. The van der Waals surface area contributed by atoms with Crippen molar-refractivity contribution in [2.24, 2.45) is 0 Å². The van der Waals surface area contributed by atoms with Crippen molar-refractivity contribution < 1.29 is 9.59 Å². The number of hydrogen-bond acceptors (Lipinski definition) is 2. The molecule has 4 heteroatoms. The minimum absolute atomic E-state index is 0.181. The van der Waals surface area contributed by atoms with Crippen LogP contribution in [-0.4, -0.2) is 24.4 Å². The molecule has 19 heavy (non-hydrogen) atoms. The molecule has 0 saturated heterocycles. The Kier molecular flexibility index (Phi) is 5.79. The molecule has 0 heterocycles. The fourth-order valence-corrected chi connectivity index (χ4v) is 1.60. The molecule has 2 amide bonds. The Morgan fingerprint density at radius 2 is 2.11 bits per heavy atom. The first-order valence-corrected chi connectivity index (χ1v) is 6.36. The summed E-state index contributed by atoms with van der Waals surface area (Å²) in [6.07, 6.45) is 3.16. The van der Waals surface area contributed by atoms with Gasteiger partial charge in [-0.15, -0.1) is 0 Å². The maximum absolute atomic E-state index is 11.6. The van der Waals surface area contributed by atoms with Crippen molar-refractivity contribution in [3.05, 3.63) is 41.5 Å². The van der Waals surface area contributed by atoms with Crippen LogP contribution < -0.4 is 10.6 Å². The summed E-state index contributed by atoms with van der Waals surface area (Å²) in [6.45, 7) is 6.04. The fraction of sp³-hybridized carbons (Fsp3) is 0.333. The van der Waals surface area contributed by atoms with Crippen LogP contribution in [0, 0.1) is 6.92 Å². The second kappa shape index (κ2) is 7.36. The molecule has 1 aromatic rings. The van der Waals surface area contributed by atoms with Crippen LogP contribution in [0.15, 0.2) is 30.3 Å². The highest BCUT2D eigenvalue weighted by Gasteiger charge is 2.12. The van der Waals surface area contributed by atoms with Gasteiger partial charge in [-0.2, -0.15) is 0 Å². The van der Waals surface area contributed by atoms with E-state index in [9.17, 15) is 9.59 Å². The summed E-state index contributed by atoms with van der Waals surface area (Å²) in [4.78, 5) is 23.1. The molecule has 102 valence electrons. The summed E-state index contributed by atoms with van der Waals surface area (Å²) in [6, 6.07) is 7.30. The molecule has 1 aromatic carbocycles. The predicted octanol–water partition coefficient (Wildman–Crippen LogP) is 1.65. The fourth-order valence-electron chi connectivity index (χ4n) is 1.60. The molecule has 1 rings (SSSR count). The topological polar surface area (TPSA) is 58.2 Å². The lowest BCUT2D eigenvalue weighted by Gasteiger charge is -2.11. The van der Waals surface area contributed by atoms with Gasteiger partial charge in [0.2, 0.25) is 11.8 Å². The monoisotopic (exact) mass is 260 g/mol. The van der Waals surface area contributed by atoms with Crippen molar-refractivity contribution in [2.45, 2.75) is 26.8 Å². The number of carbonyl (C=O) groups is 2. The van der Waals surface area contributed by atoms with E-state index in [1.54, 1.807) is 13.0 Å². The van der Waals surface area contributed by atoms with Gasteiger partial charge in [-0.1, -0.05) is 29.8 Å². The highest BCUT2D eigenvalue weighted by Crippen LogP contribution is 2.05. The molecule has 1 atom stereocenters. The second-order valence-electron chi connectivity index (χ2n) is 4.37. The Morgan fingerprint density at radius 3 is 2.74 bits per heavy atom. The Balaban J connectivity index is 2.53. The standard InChI is InChI=1S/C15H20N2O2/c1-4-16-15(19)12(3)17-14(18)9-8-13-7-5-6-11(2)10-13/h5-10,12H,4H2,1-3H3,(H,16,19)(H,17,18)/b9-8+/t12-/m1/s1. The van der Waals surface area contributed by atoms with Gasteiger partial charge in [0.25, 0.3) is 0 Å². The zero-order valence-corrected chi connectivity index (χ0v) is 11.6. The normalized spacial score (nSPS) is 12.2. The van der Waals surface area contributed by atoms with E-state index in [4.69, 9.17) is 0 Å². The van der Waals surface area contributed by atoms with Crippen LogP contribution in [0.3, 0.4) is 0 Å². The van der Waals surface area contributed by atoms with Crippen LogP contribution in [-0.2, 0) is 9.59 Å². The lowest BCUT2D eigenvalue weighted by Crippen LogP contribution is -2.44. The highest BCUT2D eigenvalue weighted by molar-refractivity contribution is 5.95. The predicted molar refractivity (Wildman–Crippen MR) is 76.5 cm³/mol. The first kappa shape index (κ1) is 15.0. The van der Waals surface area contributed by atoms with Gasteiger partial charge in [0, 0.05) is 12.6 Å². The van der Waals surface area contributed by atoms with E-state index in [2.05, 4.69) is 10.6 Å². The van der Waals surface area contributed by atoms with E-state index in [1.165, 1.54) is 6.08 Å². The molecule has 0 aliphatic heterocycles. The maximum Gasteiger partial charge on any atom is 0.244 e. The molecule has 0 fully saturated rings. The summed E-state index contributed by atoms with van der Waals surface area (Å²) in [5, 5.41) is 5.27. The highest BCUT2D eigenvalue weighted by atomic mass is 16.2. The Bertz CT molecular complexity index is 481. The van der Waals surface area contributed by atoms with E-state index in [-0.39, 0.29) is 11.8 Å². The number of rotatable bonds is 5. The molecule has 0 aromatic heterocycles. The van der Waals surface area contributed by atoms with Crippen LogP contribution in [0.5, 0.6) is 0 Å². The van der Waals surface area contributed by atoms with Gasteiger partial charge in [-0.25, -0.2) is 0 Å². The van der Waals surface area contributed by atoms with Crippen LogP contribution in [0.4, 0.5) is 0 Å². The number of likely N-dealkylation sites (N-methyl/N-ethyl adjacent to an activating group) is 1. The molecule has 0 unspecified atom stereocenters. The van der Waals surface area contributed by atoms with Gasteiger partial charge in [-0.05, 0) is 32.4 Å². The summed E-state index contributed by atoms with van der Waals surface area (Å²) < 4.78 is 0. The summed E-state index contributed by atoms with van der Waals surface area (Å²) >= 11 is 0. The largest absolute Gasteiger partial charge is 0.355 e. The summed E-state index contributed by atoms with van der Waals surface area (Å²) in [5.41, 5.74) is 2.10. The van der Waals surface area contributed by atoms with Crippen molar-refractivity contribution in [2.75, 3.05) is 6.54 Å². The Labute approximate surface area is 113 Å². The first-order chi connectivity index (χ1) is 9.02. The SMILES string of the molecule is CCNC(=O)[C@@H](C)NC(=O)/C=C/c1cccc(C)c1. The van der Waals surface area contributed by atoms with Crippen molar-refractivity contribution >= 4 is 17.9 Å². The summed E-state index contributed by atoms with van der Waals surface area (Å²) in [5.74, 6) is -0.458. The van der Waals surface area contributed by atoms with Crippen LogP contribution in [0.1, 0.15) is 25.0 Å². The van der Waals surface area contributed by atoms with Crippen LogP contribution >= 0.6 is 0 Å². The van der Waals surface area contributed by atoms with Gasteiger partial charge in [0.05, 0.1) is 0 Å². The van der Waals surface area contributed by atoms with E-state index >= 15 is 0 Å². The molecule has 0 spiro atoms. The number of benzene rings is 1. The van der Waals surface area contributed by atoms with Gasteiger partial charge >= 0.3 is 0 Å². The van der Waals surface area contributed by atoms with Crippen molar-refractivity contribution in [3.8, 4) is 0 Å². The summed E-state index contributed by atoms with van der Waals surface area (Å²) in [7, 11) is 0. The van der Waals surface area contributed by atoms with E-state index in [1.807, 2.05) is 38.1 Å². The minimum Gasteiger partial charge on any atom is -0.355 e. The molecule has 4 nitrogen and oxygen atoms in total. The third kappa shape index (κ3) is 5.38. The van der Waals surface area contributed by atoms with Crippen molar-refractivity contribution in [3.63, 3.8) is 0 Å². The lowest BCUT2D eigenvalue weighted by molar-refractivity contribution is -0.126. The third-order valence-corrected chi connectivity index (χ3v) is 2.57. The first-order valence-electron chi connectivity index (χ1n) is 6.36. The maximum atomic E-state index is 11.6. The quantitative estimate of drug-likeness (QED) is 0.791. The van der Waals surface area contributed by atoms with Gasteiger partial charge in [0.1, 0.15) is 6.04 Å². The van der Waals surface area contributed by atoms with Crippen LogP contribution in [0.2, 0.25) is 0 Å².